The van der Waals surface area contributed by atoms with Gasteiger partial charge in [-0.25, -0.2) is 0 Å². The normalized spacial score (nSPS) is 14.6. The molecule has 0 N–H and O–H groups in total. The van der Waals surface area contributed by atoms with Crippen LogP contribution >= 0.6 is 0 Å². The molecule has 0 amide bonds. The molecule has 0 bridgehead atoms. The summed E-state index contributed by atoms with van der Waals surface area (Å²) >= 11 is 0. The molecule has 1 aliphatic heterocycles. The molecule has 0 aromatic heterocycles. The molecule has 0 atom stereocenters. The van der Waals surface area contributed by atoms with Crippen LogP contribution in [-0.2, 0) is 11.4 Å². The van der Waals surface area contributed by atoms with Gasteiger partial charge >= 0.3 is 0 Å². The van der Waals surface area contributed by atoms with E-state index in [4.69, 9.17) is 4.84 Å². The first-order chi connectivity index (χ1) is 5.90. The van der Waals surface area contributed by atoms with Gasteiger partial charge in [-0.15, -0.1) is 0 Å². The third-order valence-electron chi connectivity index (χ3n) is 2.04. The van der Waals surface area contributed by atoms with E-state index in [1.807, 2.05) is 23.4 Å². The van der Waals surface area contributed by atoms with Crippen LogP contribution in [0.4, 0.5) is 0 Å². The van der Waals surface area contributed by atoms with Crippen LogP contribution in [0.2, 0.25) is 0 Å². The molecule has 0 aliphatic carbocycles. The predicted octanol–water partition coefficient (Wildman–Crippen LogP) is 2.03. The Bertz CT molecular complexity index is 306. The number of hydroxylamine groups is 2. The Balaban J connectivity index is 2.33. The number of fused-ring (bicyclic) bond motifs is 1. The molecule has 0 spiro atoms. The van der Waals surface area contributed by atoms with Gasteiger partial charge in [0.05, 0.1) is 13.7 Å². The van der Waals surface area contributed by atoms with E-state index < -0.39 is 0 Å². The van der Waals surface area contributed by atoms with E-state index in [0.29, 0.717) is 0 Å². The first-order valence-electron chi connectivity index (χ1n) is 3.97. The Morgan fingerprint density at radius 2 is 2.17 bits per heavy atom. The van der Waals surface area contributed by atoms with Crippen LogP contribution < -0.4 is 0 Å². The summed E-state index contributed by atoms with van der Waals surface area (Å²) < 4.78 is 0. The fourth-order valence-electron chi connectivity index (χ4n) is 1.35. The predicted molar refractivity (Wildman–Crippen MR) is 48.0 cm³/mol. The molecule has 0 radical (unpaired) electrons. The summed E-state index contributed by atoms with van der Waals surface area (Å²) in [5.74, 6) is 0. The first kappa shape index (κ1) is 7.37. The zero-order valence-electron chi connectivity index (χ0n) is 7.03. The lowest BCUT2D eigenvalue weighted by Gasteiger charge is -2.22. The molecule has 0 saturated carbocycles. The molecule has 1 heterocycles. The monoisotopic (exact) mass is 161 g/mol. The van der Waals surface area contributed by atoms with Gasteiger partial charge in [0, 0.05) is 6.20 Å². The minimum Gasteiger partial charge on any atom is -0.277 e. The topological polar surface area (TPSA) is 12.5 Å². The van der Waals surface area contributed by atoms with Crippen molar-refractivity contribution in [2.75, 3.05) is 7.11 Å². The maximum Gasteiger partial charge on any atom is 0.0705 e. The SMILES string of the molecule is CON1C=Cc2ccccc2C1. The highest BCUT2D eigenvalue weighted by atomic mass is 16.7. The summed E-state index contributed by atoms with van der Waals surface area (Å²) in [6.45, 7) is 0.836. The lowest BCUT2D eigenvalue weighted by molar-refractivity contribution is -0.0954. The summed E-state index contributed by atoms with van der Waals surface area (Å²) in [6.07, 6.45) is 4.00. The molecule has 62 valence electrons. The molecule has 1 aliphatic rings. The van der Waals surface area contributed by atoms with Crippen LogP contribution in [0.5, 0.6) is 0 Å². The van der Waals surface area contributed by atoms with E-state index in [0.717, 1.165) is 6.54 Å². The number of hydrogen-bond acceptors (Lipinski definition) is 2. The minimum atomic E-state index is 0.836. The smallest absolute Gasteiger partial charge is 0.0705 e. The molecule has 2 rings (SSSR count). The van der Waals surface area contributed by atoms with Gasteiger partial charge in [0.1, 0.15) is 0 Å². The van der Waals surface area contributed by atoms with Gasteiger partial charge < -0.3 is 0 Å². The minimum absolute atomic E-state index is 0.836. The summed E-state index contributed by atoms with van der Waals surface area (Å²) in [7, 11) is 1.68. The van der Waals surface area contributed by atoms with Gasteiger partial charge in [-0.2, -0.15) is 0 Å². The Labute approximate surface area is 72.0 Å². The second kappa shape index (κ2) is 2.99. The Kier molecular flexibility index (Phi) is 1.84. The fourth-order valence-corrected chi connectivity index (χ4v) is 1.35. The zero-order chi connectivity index (χ0) is 8.39. The molecule has 1 aromatic carbocycles. The molecule has 0 fully saturated rings. The third kappa shape index (κ3) is 1.21. The maximum atomic E-state index is 5.09. The quantitative estimate of drug-likeness (QED) is 0.625. The van der Waals surface area contributed by atoms with Gasteiger partial charge in [-0.1, -0.05) is 24.3 Å². The Morgan fingerprint density at radius 3 is 3.00 bits per heavy atom. The van der Waals surface area contributed by atoms with Crippen molar-refractivity contribution in [2.24, 2.45) is 0 Å². The van der Waals surface area contributed by atoms with Gasteiger partial charge in [0.15, 0.2) is 0 Å². The van der Waals surface area contributed by atoms with Crippen molar-refractivity contribution in [3.05, 3.63) is 41.6 Å². The molecule has 2 heteroatoms. The largest absolute Gasteiger partial charge is 0.277 e. The molecular weight excluding hydrogens is 150 g/mol. The van der Waals surface area contributed by atoms with E-state index in [-0.39, 0.29) is 0 Å². The molecule has 0 saturated heterocycles. The summed E-state index contributed by atoms with van der Waals surface area (Å²) in [5, 5.41) is 1.81. The van der Waals surface area contributed by atoms with Crippen molar-refractivity contribution in [1.29, 1.82) is 0 Å². The lowest BCUT2D eigenvalue weighted by Crippen LogP contribution is -2.18. The summed E-state index contributed by atoms with van der Waals surface area (Å²) in [4.78, 5) is 5.09. The van der Waals surface area contributed by atoms with Gasteiger partial charge in [-0.05, 0) is 17.2 Å². The second-order valence-electron chi connectivity index (χ2n) is 2.77. The number of rotatable bonds is 1. The number of hydrogen-bond donors (Lipinski definition) is 0. The van der Waals surface area contributed by atoms with Gasteiger partial charge in [-0.3, -0.25) is 9.90 Å². The van der Waals surface area contributed by atoms with E-state index >= 15 is 0 Å². The average Bonchev–Trinajstić information content (AvgIpc) is 2.17. The van der Waals surface area contributed by atoms with E-state index in [1.54, 1.807) is 7.11 Å². The first-order valence-corrected chi connectivity index (χ1v) is 3.97. The van der Waals surface area contributed by atoms with E-state index in [1.165, 1.54) is 11.1 Å². The third-order valence-corrected chi connectivity index (χ3v) is 2.04. The van der Waals surface area contributed by atoms with Gasteiger partial charge in [0.25, 0.3) is 0 Å². The standard InChI is InChI=1S/C10H11NO/c1-12-11-7-6-9-4-2-3-5-10(9)8-11/h2-7H,8H2,1H3. The molecule has 2 nitrogen and oxygen atoms in total. The Morgan fingerprint density at radius 1 is 1.33 bits per heavy atom. The fraction of sp³-hybridized carbons (Fsp3) is 0.200. The number of benzene rings is 1. The van der Waals surface area contributed by atoms with E-state index in [2.05, 4.69) is 18.2 Å². The molecular formula is C10H11NO. The lowest BCUT2D eigenvalue weighted by atomic mass is 10.1. The number of nitrogens with zero attached hydrogens (tertiary/aromatic N) is 1. The molecule has 12 heavy (non-hydrogen) atoms. The summed E-state index contributed by atoms with van der Waals surface area (Å²) in [5.41, 5.74) is 2.59. The van der Waals surface area contributed by atoms with Crippen molar-refractivity contribution in [2.45, 2.75) is 6.54 Å². The second-order valence-corrected chi connectivity index (χ2v) is 2.77. The average molecular weight is 161 g/mol. The highest BCUT2D eigenvalue weighted by molar-refractivity contribution is 5.55. The van der Waals surface area contributed by atoms with Crippen molar-refractivity contribution in [3.8, 4) is 0 Å². The maximum absolute atomic E-state index is 5.09. The zero-order valence-corrected chi connectivity index (χ0v) is 7.03. The molecule has 1 aromatic rings. The van der Waals surface area contributed by atoms with Crippen molar-refractivity contribution in [1.82, 2.24) is 5.06 Å². The highest BCUT2D eigenvalue weighted by Gasteiger charge is 2.07. The van der Waals surface area contributed by atoms with Crippen LogP contribution in [-0.4, -0.2) is 12.2 Å². The van der Waals surface area contributed by atoms with Crippen molar-refractivity contribution >= 4 is 6.08 Å². The van der Waals surface area contributed by atoms with E-state index in [9.17, 15) is 0 Å². The van der Waals surface area contributed by atoms with Crippen LogP contribution in [0.1, 0.15) is 11.1 Å². The van der Waals surface area contributed by atoms with Crippen LogP contribution in [0.25, 0.3) is 6.08 Å². The highest BCUT2D eigenvalue weighted by Crippen LogP contribution is 2.18. The Hall–Kier alpha value is -1.28. The van der Waals surface area contributed by atoms with Crippen molar-refractivity contribution in [3.63, 3.8) is 0 Å². The van der Waals surface area contributed by atoms with Crippen LogP contribution in [0, 0.1) is 0 Å². The summed E-state index contributed by atoms with van der Waals surface area (Å²) in [6, 6.07) is 8.32. The van der Waals surface area contributed by atoms with Crippen LogP contribution in [0.15, 0.2) is 30.5 Å². The molecule has 0 unspecified atom stereocenters. The van der Waals surface area contributed by atoms with Crippen molar-refractivity contribution < 1.29 is 4.84 Å². The van der Waals surface area contributed by atoms with Gasteiger partial charge in [0.2, 0.25) is 0 Å². The van der Waals surface area contributed by atoms with Crippen LogP contribution in [0.3, 0.4) is 0 Å².